The largest absolute Gasteiger partial charge is 0.479 e. The van der Waals surface area contributed by atoms with Crippen LogP contribution in [0.4, 0.5) is 0 Å². The van der Waals surface area contributed by atoms with Gasteiger partial charge in [0.2, 0.25) is 0 Å². The fraction of sp³-hybridized carbons (Fsp3) is 0.500. The van der Waals surface area contributed by atoms with Crippen LogP contribution in [-0.4, -0.2) is 31.4 Å². The molecule has 2 N–H and O–H groups in total. The van der Waals surface area contributed by atoms with Crippen LogP contribution < -0.4 is 4.74 Å². The van der Waals surface area contributed by atoms with Crippen molar-refractivity contribution in [3.63, 3.8) is 0 Å². The molecule has 0 aliphatic rings. The lowest BCUT2D eigenvalue weighted by atomic mass is 10.1. The molecule has 6 nitrogen and oxygen atoms in total. The molecule has 1 aromatic carbocycles. The second-order valence-corrected chi connectivity index (χ2v) is 6.86. The third-order valence-electron chi connectivity index (χ3n) is 4.36. The van der Waals surface area contributed by atoms with Gasteiger partial charge in [-0.1, -0.05) is 38.8 Å². The minimum Gasteiger partial charge on any atom is -0.479 e. The van der Waals surface area contributed by atoms with E-state index >= 15 is 0 Å². The monoisotopic (exact) mass is 394 g/mol. The lowest BCUT2D eigenvalue weighted by molar-refractivity contribution is -0.145. The number of carboxylic acids is 1. The standard InChI is InChI=1S/C20H27ClN2O4/c1-3-5-7-19-22-16(13-24)17(23(19)21)12-14-8-10-15(11-9-14)27-18(6-4-2)20(25)26/h8-11,18,24H,3-7,12-13H2,1-2H3,(H,25,26). The molecule has 148 valence electrons. The summed E-state index contributed by atoms with van der Waals surface area (Å²) < 4.78 is 7.10. The number of carboxylic acid groups (broad SMARTS) is 1. The van der Waals surface area contributed by atoms with Crippen molar-refractivity contribution < 1.29 is 19.7 Å². The van der Waals surface area contributed by atoms with E-state index < -0.39 is 12.1 Å². The van der Waals surface area contributed by atoms with Gasteiger partial charge in [0.1, 0.15) is 11.6 Å². The van der Waals surface area contributed by atoms with Crippen LogP contribution in [0.5, 0.6) is 5.75 Å². The minimum atomic E-state index is -0.959. The summed E-state index contributed by atoms with van der Waals surface area (Å²) in [5.74, 6) is 0.325. The molecular formula is C20H27ClN2O4. The molecule has 0 aliphatic heterocycles. The summed E-state index contributed by atoms with van der Waals surface area (Å²) in [6.07, 6.45) is 3.69. The van der Waals surface area contributed by atoms with Crippen LogP contribution in [0.15, 0.2) is 24.3 Å². The molecule has 1 aromatic heterocycles. The predicted molar refractivity (Wildman–Crippen MR) is 104 cm³/mol. The highest BCUT2D eigenvalue weighted by molar-refractivity contribution is 6.16. The number of nitrogens with zero attached hydrogens (tertiary/aromatic N) is 2. The number of aliphatic hydroxyl groups excluding tert-OH is 1. The number of imidazole rings is 1. The van der Waals surface area contributed by atoms with E-state index in [-0.39, 0.29) is 6.61 Å². The number of aromatic nitrogens is 2. The number of benzene rings is 1. The zero-order chi connectivity index (χ0) is 19.8. The second kappa shape index (κ2) is 10.3. The van der Waals surface area contributed by atoms with E-state index in [1.807, 2.05) is 19.1 Å². The van der Waals surface area contributed by atoms with Gasteiger partial charge in [0, 0.05) is 24.6 Å². The zero-order valence-electron chi connectivity index (χ0n) is 15.8. The van der Waals surface area contributed by atoms with Crippen molar-refractivity contribution in [2.24, 2.45) is 0 Å². The number of hydrogen-bond donors (Lipinski definition) is 2. The molecule has 0 amide bonds. The Morgan fingerprint density at radius 3 is 2.52 bits per heavy atom. The van der Waals surface area contributed by atoms with Gasteiger partial charge in [0.15, 0.2) is 6.10 Å². The van der Waals surface area contributed by atoms with Gasteiger partial charge in [-0.15, -0.1) is 0 Å². The number of aliphatic hydroxyl groups is 1. The molecule has 0 aliphatic carbocycles. The molecule has 7 heteroatoms. The molecule has 1 heterocycles. The van der Waals surface area contributed by atoms with Gasteiger partial charge in [-0.2, -0.15) is 0 Å². The van der Waals surface area contributed by atoms with Gasteiger partial charge in [-0.25, -0.2) is 13.9 Å². The molecule has 0 spiro atoms. The van der Waals surface area contributed by atoms with Gasteiger partial charge < -0.3 is 14.9 Å². The summed E-state index contributed by atoms with van der Waals surface area (Å²) in [5.41, 5.74) is 2.34. The molecule has 0 fully saturated rings. The quantitative estimate of drug-likeness (QED) is 0.603. The number of halogens is 1. The summed E-state index contributed by atoms with van der Waals surface area (Å²) in [4.78, 5) is 15.7. The fourth-order valence-corrected chi connectivity index (χ4v) is 3.14. The third kappa shape index (κ3) is 5.71. The fourth-order valence-electron chi connectivity index (χ4n) is 2.86. The van der Waals surface area contributed by atoms with Gasteiger partial charge in [0.25, 0.3) is 0 Å². The third-order valence-corrected chi connectivity index (χ3v) is 4.76. The van der Waals surface area contributed by atoms with Gasteiger partial charge in [0.05, 0.1) is 18.0 Å². The van der Waals surface area contributed by atoms with E-state index in [0.29, 0.717) is 24.3 Å². The topological polar surface area (TPSA) is 84.6 Å². The normalized spacial score (nSPS) is 12.1. The highest BCUT2D eigenvalue weighted by Gasteiger charge is 2.19. The van der Waals surface area contributed by atoms with E-state index in [1.54, 1.807) is 16.2 Å². The van der Waals surface area contributed by atoms with Crippen molar-refractivity contribution in [2.45, 2.75) is 65.1 Å². The van der Waals surface area contributed by atoms with Gasteiger partial charge in [-0.05, 0) is 30.5 Å². The van der Waals surface area contributed by atoms with E-state index in [1.165, 1.54) is 0 Å². The minimum absolute atomic E-state index is 0.160. The Hall–Kier alpha value is -2.05. The highest BCUT2D eigenvalue weighted by atomic mass is 35.5. The number of carbonyl (C=O) groups is 1. The predicted octanol–water partition coefficient (Wildman–Crippen LogP) is 3.94. The van der Waals surface area contributed by atoms with Crippen molar-refractivity contribution in [2.75, 3.05) is 0 Å². The average molecular weight is 395 g/mol. The average Bonchev–Trinajstić information content (AvgIpc) is 2.96. The van der Waals surface area contributed by atoms with Crippen molar-refractivity contribution >= 4 is 17.7 Å². The molecular weight excluding hydrogens is 368 g/mol. The number of aryl methyl sites for hydroxylation is 1. The number of aliphatic carboxylic acids is 1. The Bertz CT molecular complexity index is 743. The first kappa shape index (κ1) is 21.3. The zero-order valence-corrected chi connectivity index (χ0v) is 16.6. The Morgan fingerprint density at radius 1 is 1.26 bits per heavy atom. The van der Waals surface area contributed by atoms with Crippen LogP contribution >= 0.6 is 11.8 Å². The lowest BCUT2D eigenvalue weighted by Crippen LogP contribution is -2.26. The summed E-state index contributed by atoms with van der Waals surface area (Å²) in [6, 6.07) is 7.26. The Balaban J connectivity index is 2.12. The van der Waals surface area contributed by atoms with Gasteiger partial charge >= 0.3 is 5.97 Å². The van der Waals surface area contributed by atoms with Crippen LogP contribution in [0.2, 0.25) is 0 Å². The summed E-state index contributed by atoms with van der Waals surface area (Å²) in [7, 11) is 0. The van der Waals surface area contributed by atoms with E-state index in [9.17, 15) is 15.0 Å². The van der Waals surface area contributed by atoms with Crippen molar-refractivity contribution in [1.29, 1.82) is 0 Å². The first-order valence-electron chi connectivity index (χ1n) is 9.34. The maximum absolute atomic E-state index is 11.2. The number of ether oxygens (including phenoxy) is 1. The number of rotatable bonds is 11. The lowest BCUT2D eigenvalue weighted by Gasteiger charge is -2.14. The maximum atomic E-state index is 11.2. The van der Waals surface area contributed by atoms with Crippen molar-refractivity contribution in [3.05, 3.63) is 47.0 Å². The second-order valence-electron chi connectivity index (χ2n) is 6.52. The molecule has 0 bridgehead atoms. The molecule has 1 atom stereocenters. The maximum Gasteiger partial charge on any atom is 0.344 e. The van der Waals surface area contributed by atoms with Crippen LogP contribution in [0.25, 0.3) is 0 Å². The Labute approximate surface area is 164 Å². The van der Waals surface area contributed by atoms with Gasteiger partial charge in [-0.3, -0.25) is 0 Å². The van der Waals surface area contributed by atoms with E-state index in [0.717, 1.165) is 42.8 Å². The first-order chi connectivity index (χ1) is 13.0. The molecule has 0 saturated carbocycles. The molecule has 2 aromatic rings. The van der Waals surface area contributed by atoms with E-state index in [2.05, 4.69) is 11.9 Å². The van der Waals surface area contributed by atoms with Crippen LogP contribution in [-0.2, 0) is 24.2 Å². The summed E-state index contributed by atoms with van der Waals surface area (Å²) >= 11 is 6.42. The van der Waals surface area contributed by atoms with Crippen LogP contribution in [0.3, 0.4) is 0 Å². The smallest absolute Gasteiger partial charge is 0.344 e. The van der Waals surface area contributed by atoms with E-state index in [4.69, 9.17) is 16.5 Å². The first-order valence-corrected chi connectivity index (χ1v) is 9.68. The van der Waals surface area contributed by atoms with Crippen LogP contribution in [0.1, 0.15) is 62.3 Å². The van der Waals surface area contributed by atoms with Crippen LogP contribution in [0, 0.1) is 0 Å². The Kier molecular flexibility index (Phi) is 8.13. The number of hydrogen-bond acceptors (Lipinski definition) is 4. The Morgan fingerprint density at radius 2 is 1.96 bits per heavy atom. The summed E-state index contributed by atoms with van der Waals surface area (Å²) in [5, 5.41) is 18.8. The molecule has 0 radical (unpaired) electrons. The molecule has 2 rings (SSSR count). The summed E-state index contributed by atoms with van der Waals surface area (Å²) in [6.45, 7) is 3.87. The molecule has 0 saturated heterocycles. The highest BCUT2D eigenvalue weighted by Crippen LogP contribution is 2.22. The van der Waals surface area contributed by atoms with Crippen molar-refractivity contribution in [3.8, 4) is 5.75 Å². The molecule has 1 unspecified atom stereocenters. The van der Waals surface area contributed by atoms with Crippen molar-refractivity contribution in [1.82, 2.24) is 9.07 Å². The molecule has 27 heavy (non-hydrogen) atoms. The number of unbranched alkanes of at least 4 members (excludes halogenated alkanes) is 1. The SMILES string of the molecule is CCCCc1nc(CO)c(Cc2ccc(OC(CCC)C(=O)O)cc2)n1Cl.